The third kappa shape index (κ3) is 4.80. The van der Waals surface area contributed by atoms with Crippen molar-refractivity contribution in [2.24, 2.45) is 0 Å². The first kappa shape index (κ1) is 15.3. The Kier molecular flexibility index (Phi) is 5.86. The fourth-order valence-corrected chi connectivity index (χ4v) is 3.20. The van der Waals surface area contributed by atoms with Crippen molar-refractivity contribution in [1.29, 1.82) is 0 Å². The van der Waals surface area contributed by atoms with Gasteiger partial charge in [0.15, 0.2) is 0 Å². The van der Waals surface area contributed by atoms with Crippen LogP contribution in [0.15, 0.2) is 29.2 Å². The molecule has 0 aromatic heterocycles. The number of aliphatic hydroxyl groups excluding tert-OH is 1. The number of hydrogen-bond donors (Lipinski definition) is 2. The van der Waals surface area contributed by atoms with Crippen LogP contribution in [0.1, 0.15) is 32.1 Å². The van der Waals surface area contributed by atoms with E-state index >= 15 is 0 Å². The molecule has 0 spiro atoms. The monoisotopic (exact) mass is 297 g/mol. The van der Waals surface area contributed by atoms with E-state index in [9.17, 15) is 14.3 Å². The second-order valence-corrected chi connectivity index (χ2v) is 6.25. The molecule has 0 aliphatic heterocycles. The summed E-state index contributed by atoms with van der Waals surface area (Å²) in [5.41, 5.74) is 0. The minimum Gasteiger partial charge on any atom is -0.391 e. The van der Waals surface area contributed by atoms with Crippen LogP contribution in [-0.4, -0.2) is 28.9 Å². The van der Waals surface area contributed by atoms with Gasteiger partial charge in [-0.1, -0.05) is 12.8 Å². The van der Waals surface area contributed by atoms with Gasteiger partial charge in [-0.25, -0.2) is 4.39 Å². The van der Waals surface area contributed by atoms with Crippen LogP contribution in [-0.2, 0) is 4.79 Å². The number of carbonyl (C=O) groups is 1. The predicted octanol–water partition coefficient (Wildman–Crippen LogP) is 2.73. The summed E-state index contributed by atoms with van der Waals surface area (Å²) in [6.07, 6.45) is 3.73. The van der Waals surface area contributed by atoms with Gasteiger partial charge in [0.25, 0.3) is 0 Å². The van der Waals surface area contributed by atoms with Crippen LogP contribution in [0.4, 0.5) is 4.39 Å². The first-order valence-corrected chi connectivity index (χ1v) is 7.99. The van der Waals surface area contributed by atoms with Gasteiger partial charge in [0.1, 0.15) is 5.82 Å². The summed E-state index contributed by atoms with van der Waals surface area (Å²) < 4.78 is 12.7. The molecular weight excluding hydrogens is 277 g/mol. The van der Waals surface area contributed by atoms with Gasteiger partial charge in [-0.2, -0.15) is 0 Å². The molecule has 0 saturated heterocycles. The molecule has 1 aromatic carbocycles. The maximum atomic E-state index is 12.7. The van der Waals surface area contributed by atoms with Crippen molar-refractivity contribution in [2.45, 2.75) is 49.1 Å². The maximum absolute atomic E-state index is 12.7. The smallest absolute Gasteiger partial charge is 0.221 e. The molecule has 0 radical (unpaired) electrons. The summed E-state index contributed by atoms with van der Waals surface area (Å²) in [5.74, 6) is 0.379. The van der Waals surface area contributed by atoms with Crippen LogP contribution < -0.4 is 5.32 Å². The second-order valence-electron chi connectivity index (χ2n) is 5.08. The Balaban J connectivity index is 1.68. The van der Waals surface area contributed by atoms with Gasteiger partial charge in [-0.3, -0.25) is 4.79 Å². The summed E-state index contributed by atoms with van der Waals surface area (Å²) in [6.45, 7) is 0. The molecule has 3 nitrogen and oxygen atoms in total. The molecule has 1 saturated carbocycles. The Morgan fingerprint density at radius 2 is 2.00 bits per heavy atom. The van der Waals surface area contributed by atoms with E-state index in [0.29, 0.717) is 12.2 Å². The number of amides is 1. The number of halogens is 1. The van der Waals surface area contributed by atoms with Crippen LogP contribution in [0.2, 0.25) is 0 Å². The third-order valence-corrected chi connectivity index (χ3v) is 4.50. The lowest BCUT2D eigenvalue weighted by atomic mass is 9.92. The highest BCUT2D eigenvalue weighted by Crippen LogP contribution is 2.20. The Labute approximate surface area is 123 Å². The zero-order chi connectivity index (χ0) is 14.4. The molecule has 0 unspecified atom stereocenters. The SMILES string of the molecule is O=C(CCSc1ccc(F)cc1)N[C@H]1CCCC[C@@H]1O. The molecule has 1 aromatic rings. The predicted molar refractivity (Wildman–Crippen MR) is 78.1 cm³/mol. The Morgan fingerprint density at radius 3 is 2.70 bits per heavy atom. The molecule has 1 aliphatic rings. The average Bonchev–Trinajstić information content (AvgIpc) is 2.44. The Hall–Kier alpha value is -1.07. The van der Waals surface area contributed by atoms with Crippen LogP contribution in [0.5, 0.6) is 0 Å². The van der Waals surface area contributed by atoms with Crippen LogP contribution in [0.25, 0.3) is 0 Å². The molecule has 2 N–H and O–H groups in total. The molecular formula is C15H20FNO2S. The normalized spacial score (nSPS) is 22.5. The number of rotatable bonds is 5. The third-order valence-electron chi connectivity index (χ3n) is 3.49. The number of carbonyl (C=O) groups excluding carboxylic acids is 1. The summed E-state index contributed by atoms with van der Waals surface area (Å²) in [4.78, 5) is 12.8. The van der Waals surface area contributed by atoms with Gasteiger partial charge in [0, 0.05) is 17.1 Å². The van der Waals surface area contributed by atoms with Gasteiger partial charge in [0.05, 0.1) is 12.1 Å². The fraction of sp³-hybridized carbons (Fsp3) is 0.533. The lowest BCUT2D eigenvalue weighted by Gasteiger charge is -2.28. The lowest BCUT2D eigenvalue weighted by Crippen LogP contribution is -2.45. The molecule has 2 rings (SSSR count). The van der Waals surface area contributed by atoms with Gasteiger partial charge in [0.2, 0.25) is 5.91 Å². The standard InChI is InChI=1S/C15H20FNO2S/c16-11-5-7-12(8-6-11)20-10-9-15(19)17-13-3-1-2-4-14(13)18/h5-8,13-14,18H,1-4,9-10H2,(H,17,19)/t13-,14-/m0/s1. The summed E-state index contributed by atoms with van der Waals surface area (Å²) in [6, 6.07) is 6.17. The highest BCUT2D eigenvalue weighted by molar-refractivity contribution is 7.99. The number of thioether (sulfide) groups is 1. The van der Waals surface area contributed by atoms with E-state index in [4.69, 9.17) is 0 Å². The van der Waals surface area contributed by atoms with Crippen LogP contribution in [0, 0.1) is 5.82 Å². The van der Waals surface area contributed by atoms with Crippen molar-refractivity contribution < 1.29 is 14.3 Å². The van der Waals surface area contributed by atoms with Crippen molar-refractivity contribution in [3.8, 4) is 0 Å². The molecule has 1 fully saturated rings. The topological polar surface area (TPSA) is 49.3 Å². The van der Waals surface area contributed by atoms with Crippen LogP contribution >= 0.6 is 11.8 Å². The quantitative estimate of drug-likeness (QED) is 0.822. The van der Waals surface area contributed by atoms with Gasteiger partial charge < -0.3 is 10.4 Å². The molecule has 2 atom stereocenters. The first-order valence-electron chi connectivity index (χ1n) is 7.01. The first-order chi connectivity index (χ1) is 9.65. The van der Waals surface area contributed by atoms with E-state index in [1.165, 1.54) is 23.9 Å². The van der Waals surface area contributed by atoms with E-state index in [2.05, 4.69) is 5.32 Å². The zero-order valence-electron chi connectivity index (χ0n) is 11.3. The second kappa shape index (κ2) is 7.64. The van der Waals surface area contributed by atoms with E-state index in [-0.39, 0.29) is 17.8 Å². The highest BCUT2D eigenvalue weighted by atomic mass is 32.2. The summed E-state index contributed by atoms with van der Waals surface area (Å²) in [5, 5.41) is 12.7. The van der Waals surface area contributed by atoms with Crippen molar-refractivity contribution in [2.75, 3.05) is 5.75 Å². The number of nitrogens with one attached hydrogen (secondary N) is 1. The van der Waals surface area contributed by atoms with Crippen LogP contribution in [0.3, 0.4) is 0 Å². The highest BCUT2D eigenvalue weighted by Gasteiger charge is 2.24. The van der Waals surface area contributed by atoms with E-state index in [1.807, 2.05) is 0 Å². The molecule has 110 valence electrons. The fourth-order valence-electron chi connectivity index (χ4n) is 2.35. The molecule has 1 aliphatic carbocycles. The van der Waals surface area contributed by atoms with Crippen molar-refractivity contribution in [1.82, 2.24) is 5.32 Å². The van der Waals surface area contributed by atoms with Gasteiger partial charge in [-0.05, 0) is 37.1 Å². The number of hydrogen-bond acceptors (Lipinski definition) is 3. The zero-order valence-corrected chi connectivity index (χ0v) is 12.2. The van der Waals surface area contributed by atoms with Gasteiger partial charge in [-0.15, -0.1) is 11.8 Å². The number of aliphatic hydroxyl groups is 1. The molecule has 5 heteroatoms. The minimum atomic E-state index is -0.405. The van der Waals surface area contributed by atoms with Crippen molar-refractivity contribution in [3.63, 3.8) is 0 Å². The minimum absolute atomic E-state index is 0.0226. The van der Waals surface area contributed by atoms with Gasteiger partial charge >= 0.3 is 0 Å². The summed E-state index contributed by atoms with van der Waals surface area (Å²) >= 11 is 1.53. The van der Waals surface area contributed by atoms with E-state index < -0.39 is 6.10 Å². The molecule has 0 bridgehead atoms. The lowest BCUT2D eigenvalue weighted by molar-refractivity contribution is -0.122. The number of benzene rings is 1. The average molecular weight is 297 g/mol. The maximum Gasteiger partial charge on any atom is 0.221 e. The Bertz CT molecular complexity index is 438. The van der Waals surface area contributed by atoms with E-state index in [0.717, 1.165) is 30.6 Å². The Morgan fingerprint density at radius 1 is 1.30 bits per heavy atom. The molecule has 1 amide bonds. The van der Waals surface area contributed by atoms with Crippen molar-refractivity contribution in [3.05, 3.63) is 30.1 Å². The molecule has 20 heavy (non-hydrogen) atoms. The largest absolute Gasteiger partial charge is 0.391 e. The molecule has 0 heterocycles. The summed E-state index contributed by atoms with van der Waals surface area (Å²) in [7, 11) is 0. The van der Waals surface area contributed by atoms with Crippen molar-refractivity contribution >= 4 is 17.7 Å². The van der Waals surface area contributed by atoms with E-state index in [1.54, 1.807) is 12.1 Å².